The van der Waals surface area contributed by atoms with Crippen molar-refractivity contribution in [1.82, 2.24) is 9.55 Å². The van der Waals surface area contributed by atoms with Crippen molar-refractivity contribution in [2.75, 3.05) is 0 Å². The molecule has 96 valence electrons. The highest BCUT2D eigenvalue weighted by molar-refractivity contribution is 6.31. The molecule has 0 saturated heterocycles. The molecule has 2 rings (SSSR count). The zero-order valence-corrected chi connectivity index (χ0v) is 10.9. The predicted molar refractivity (Wildman–Crippen MR) is 69.9 cm³/mol. The molecule has 0 fully saturated rings. The molecule has 0 aliphatic heterocycles. The summed E-state index contributed by atoms with van der Waals surface area (Å²) in [6.45, 7) is 0. The minimum absolute atomic E-state index is 0.352. The standard InChI is InChI=1S/C13H15ClFN3/c1-18-8-7-17-12(18)6-5-11(16)13-9(14)3-2-4-10(13)15/h2-4,7-8,11H,5-6,16H2,1H3. The number of rotatable bonds is 4. The van der Waals surface area contributed by atoms with Gasteiger partial charge in [0.15, 0.2) is 0 Å². The van der Waals surface area contributed by atoms with Crippen LogP contribution in [0.25, 0.3) is 0 Å². The van der Waals surface area contributed by atoms with Crippen molar-refractivity contribution in [1.29, 1.82) is 0 Å². The largest absolute Gasteiger partial charge is 0.338 e. The molecule has 0 aliphatic carbocycles. The Bertz CT molecular complexity index is 519. The summed E-state index contributed by atoms with van der Waals surface area (Å²) >= 11 is 5.98. The molecule has 0 spiro atoms. The summed E-state index contributed by atoms with van der Waals surface area (Å²) < 4.78 is 15.6. The lowest BCUT2D eigenvalue weighted by molar-refractivity contribution is 0.556. The highest BCUT2D eigenvalue weighted by Gasteiger charge is 2.15. The number of hydrogen-bond acceptors (Lipinski definition) is 2. The molecule has 0 radical (unpaired) electrons. The fourth-order valence-corrected chi connectivity index (χ4v) is 2.23. The summed E-state index contributed by atoms with van der Waals surface area (Å²) in [5, 5.41) is 0.377. The predicted octanol–water partition coefficient (Wildman–Crippen LogP) is 2.85. The average molecular weight is 268 g/mol. The quantitative estimate of drug-likeness (QED) is 0.926. The van der Waals surface area contributed by atoms with E-state index in [9.17, 15) is 4.39 Å². The summed E-state index contributed by atoms with van der Waals surface area (Å²) in [6, 6.07) is 4.19. The maximum absolute atomic E-state index is 13.7. The lowest BCUT2D eigenvalue weighted by Gasteiger charge is -2.14. The van der Waals surface area contributed by atoms with E-state index in [1.807, 2.05) is 17.8 Å². The van der Waals surface area contributed by atoms with E-state index in [0.717, 1.165) is 5.82 Å². The van der Waals surface area contributed by atoms with Gasteiger partial charge in [-0.05, 0) is 18.6 Å². The van der Waals surface area contributed by atoms with Crippen LogP contribution in [0.4, 0.5) is 4.39 Å². The van der Waals surface area contributed by atoms with Gasteiger partial charge >= 0.3 is 0 Å². The van der Waals surface area contributed by atoms with Crippen LogP contribution in [0.3, 0.4) is 0 Å². The molecule has 0 bridgehead atoms. The Morgan fingerprint density at radius 3 is 2.89 bits per heavy atom. The Hall–Kier alpha value is -1.39. The van der Waals surface area contributed by atoms with Crippen molar-refractivity contribution in [3.05, 3.63) is 52.8 Å². The third kappa shape index (κ3) is 2.71. The van der Waals surface area contributed by atoms with Gasteiger partial charge in [-0.1, -0.05) is 17.7 Å². The highest BCUT2D eigenvalue weighted by Crippen LogP contribution is 2.26. The maximum Gasteiger partial charge on any atom is 0.129 e. The molecule has 0 amide bonds. The first-order valence-electron chi connectivity index (χ1n) is 5.75. The molecule has 3 nitrogen and oxygen atoms in total. The molecule has 0 aliphatic rings. The SMILES string of the molecule is Cn1ccnc1CCC(N)c1c(F)cccc1Cl. The van der Waals surface area contributed by atoms with E-state index in [-0.39, 0.29) is 5.82 Å². The molecule has 1 aromatic carbocycles. The summed E-state index contributed by atoms with van der Waals surface area (Å²) in [6.07, 6.45) is 4.90. The topological polar surface area (TPSA) is 43.8 Å². The van der Waals surface area contributed by atoms with Crippen LogP contribution in [0.2, 0.25) is 5.02 Å². The lowest BCUT2D eigenvalue weighted by Crippen LogP contribution is -2.14. The molecule has 2 aromatic rings. The van der Waals surface area contributed by atoms with E-state index in [1.54, 1.807) is 18.3 Å². The monoisotopic (exact) mass is 267 g/mol. The summed E-state index contributed by atoms with van der Waals surface area (Å²) in [5.41, 5.74) is 6.38. The molecule has 1 unspecified atom stereocenters. The Kier molecular flexibility index (Phi) is 3.99. The number of nitrogens with zero attached hydrogens (tertiary/aromatic N) is 2. The van der Waals surface area contributed by atoms with Gasteiger partial charge in [-0.2, -0.15) is 0 Å². The summed E-state index contributed by atoms with van der Waals surface area (Å²) in [7, 11) is 1.92. The van der Waals surface area contributed by atoms with Crippen molar-refractivity contribution in [3.8, 4) is 0 Å². The normalized spacial score (nSPS) is 12.7. The van der Waals surface area contributed by atoms with Gasteiger partial charge in [0.2, 0.25) is 0 Å². The molecule has 1 heterocycles. The molecule has 2 N–H and O–H groups in total. The number of nitrogens with two attached hydrogens (primary N) is 1. The molecule has 1 atom stereocenters. The fraction of sp³-hybridized carbons (Fsp3) is 0.308. The minimum atomic E-state index is -0.421. The van der Waals surface area contributed by atoms with E-state index in [1.165, 1.54) is 6.07 Å². The van der Waals surface area contributed by atoms with Crippen LogP contribution in [0, 0.1) is 5.82 Å². The van der Waals surface area contributed by atoms with Crippen LogP contribution in [-0.2, 0) is 13.5 Å². The zero-order valence-electron chi connectivity index (χ0n) is 10.1. The van der Waals surface area contributed by atoms with Gasteiger partial charge in [-0.15, -0.1) is 0 Å². The Morgan fingerprint density at radius 2 is 2.28 bits per heavy atom. The summed E-state index contributed by atoms with van der Waals surface area (Å²) in [4.78, 5) is 4.21. The van der Waals surface area contributed by atoms with Crippen molar-refractivity contribution < 1.29 is 4.39 Å². The number of aryl methyl sites for hydroxylation is 2. The van der Waals surface area contributed by atoms with Crippen LogP contribution in [0.15, 0.2) is 30.6 Å². The first kappa shape index (κ1) is 13.1. The minimum Gasteiger partial charge on any atom is -0.338 e. The van der Waals surface area contributed by atoms with Gasteiger partial charge in [-0.3, -0.25) is 0 Å². The fourth-order valence-electron chi connectivity index (χ4n) is 1.93. The van der Waals surface area contributed by atoms with Gasteiger partial charge in [0.25, 0.3) is 0 Å². The zero-order chi connectivity index (χ0) is 13.1. The van der Waals surface area contributed by atoms with Gasteiger partial charge in [-0.25, -0.2) is 9.37 Å². The number of benzene rings is 1. The van der Waals surface area contributed by atoms with Crippen LogP contribution in [0.5, 0.6) is 0 Å². The van der Waals surface area contributed by atoms with E-state index < -0.39 is 6.04 Å². The van der Waals surface area contributed by atoms with E-state index in [2.05, 4.69) is 4.98 Å². The molecule has 1 aromatic heterocycles. The number of imidazole rings is 1. The third-order valence-corrected chi connectivity index (χ3v) is 3.30. The van der Waals surface area contributed by atoms with Gasteiger partial charge in [0.05, 0.1) is 0 Å². The average Bonchev–Trinajstić information content (AvgIpc) is 2.72. The van der Waals surface area contributed by atoms with Crippen LogP contribution >= 0.6 is 11.6 Å². The molecule has 0 saturated carbocycles. The Morgan fingerprint density at radius 1 is 1.50 bits per heavy atom. The Labute approximate surface area is 110 Å². The first-order valence-corrected chi connectivity index (χ1v) is 6.13. The van der Waals surface area contributed by atoms with Crippen molar-refractivity contribution in [3.63, 3.8) is 0 Å². The van der Waals surface area contributed by atoms with Gasteiger partial charge in [0.1, 0.15) is 11.6 Å². The third-order valence-electron chi connectivity index (χ3n) is 2.97. The molecular formula is C13H15ClFN3. The van der Waals surface area contributed by atoms with Gasteiger partial charge in [0, 0.05) is 42.5 Å². The van der Waals surface area contributed by atoms with Crippen molar-refractivity contribution in [2.24, 2.45) is 12.8 Å². The van der Waals surface area contributed by atoms with E-state index in [4.69, 9.17) is 17.3 Å². The second kappa shape index (κ2) is 5.50. The molecule has 5 heteroatoms. The second-order valence-electron chi connectivity index (χ2n) is 4.23. The van der Waals surface area contributed by atoms with Crippen LogP contribution < -0.4 is 5.73 Å². The van der Waals surface area contributed by atoms with Crippen molar-refractivity contribution in [2.45, 2.75) is 18.9 Å². The smallest absolute Gasteiger partial charge is 0.129 e. The highest BCUT2D eigenvalue weighted by atomic mass is 35.5. The van der Waals surface area contributed by atoms with Crippen LogP contribution in [0.1, 0.15) is 23.9 Å². The maximum atomic E-state index is 13.7. The Balaban J connectivity index is 2.08. The molecular weight excluding hydrogens is 253 g/mol. The van der Waals surface area contributed by atoms with Crippen LogP contribution in [-0.4, -0.2) is 9.55 Å². The lowest BCUT2D eigenvalue weighted by atomic mass is 10.0. The molecule has 18 heavy (non-hydrogen) atoms. The van der Waals surface area contributed by atoms with E-state index >= 15 is 0 Å². The summed E-state index contributed by atoms with van der Waals surface area (Å²) in [5.74, 6) is 0.577. The number of aromatic nitrogens is 2. The first-order chi connectivity index (χ1) is 8.59. The van der Waals surface area contributed by atoms with E-state index in [0.29, 0.717) is 23.4 Å². The number of halogens is 2. The number of hydrogen-bond donors (Lipinski definition) is 1. The van der Waals surface area contributed by atoms with Gasteiger partial charge < -0.3 is 10.3 Å². The van der Waals surface area contributed by atoms with Crippen molar-refractivity contribution >= 4 is 11.6 Å². The second-order valence-corrected chi connectivity index (χ2v) is 4.64.